The van der Waals surface area contributed by atoms with E-state index < -0.39 is 14.8 Å². The van der Waals surface area contributed by atoms with E-state index in [2.05, 4.69) is 0 Å². The summed E-state index contributed by atoms with van der Waals surface area (Å²) in [4.78, 5) is 9.67. The standard InChI is InChI=1S/C7H9NO4S/c1-13(11,12)7-5-3-2-4-6(7)8(9)10/h3,5H,2,4H2,1H3. The van der Waals surface area contributed by atoms with E-state index in [0.717, 1.165) is 6.26 Å². The molecule has 0 saturated heterocycles. The average molecular weight is 203 g/mol. The maximum Gasteiger partial charge on any atom is 0.265 e. The highest BCUT2D eigenvalue weighted by Crippen LogP contribution is 2.22. The van der Waals surface area contributed by atoms with E-state index >= 15 is 0 Å². The van der Waals surface area contributed by atoms with E-state index in [0.29, 0.717) is 6.42 Å². The van der Waals surface area contributed by atoms with Gasteiger partial charge < -0.3 is 0 Å². The van der Waals surface area contributed by atoms with E-state index in [-0.39, 0.29) is 17.0 Å². The first-order valence-electron chi connectivity index (χ1n) is 3.67. The first-order chi connectivity index (χ1) is 5.93. The summed E-state index contributed by atoms with van der Waals surface area (Å²) in [5, 5.41) is 10.5. The fourth-order valence-electron chi connectivity index (χ4n) is 1.15. The van der Waals surface area contributed by atoms with Crippen LogP contribution in [0.5, 0.6) is 0 Å². The Kier molecular flexibility index (Phi) is 2.51. The highest BCUT2D eigenvalue weighted by molar-refractivity contribution is 7.94. The Morgan fingerprint density at radius 3 is 2.54 bits per heavy atom. The highest BCUT2D eigenvalue weighted by atomic mass is 32.2. The Balaban J connectivity index is 3.29. The van der Waals surface area contributed by atoms with Gasteiger partial charge in [0.2, 0.25) is 0 Å². The highest BCUT2D eigenvalue weighted by Gasteiger charge is 2.25. The zero-order valence-corrected chi connectivity index (χ0v) is 7.87. The zero-order valence-electron chi connectivity index (χ0n) is 7.06. The third kappa shape index (κ3) is 2.15. The summed E-state index contributed by atoms with van der Waals surface area (Å²) in [5.74, 6) is 0. The van der Waals surface area contributed by atoms with Gasteiger partial charge in [-0.05, 0) is 12.5 Å². The molecule has 1 aliphatic carbocycles. The molecule has 1 rings (SSSR count). The van der Waals surface area contributed by atoms with E-state index in [4.69, 9.17) is 0 Å². The molecule has 0 fully saturated rings. The molecule has 0 aromatic heterocycles. The van der Waals surface area contributed by atoms with Crippen LogP contribution in [0, 0.1) is 10.1 Å². The topological polar surface area (TPSA) is 77.3 Å². The van der Waals surface area contributed by atoms with Gasteiger partial charge in [0.1, 0.15) is 4.91 Å². The zero-order chi connectivity index (χ0) is 10.1. The summed E-state index contributed by atoms with van der Waals surface area (Å²) in [6.45, 7) is 0. The lowest BCUT2D eigenvalue weighted by Crippen LogP contribution is -2.11. The van der Waals surface area contributed by atoms with Crippen molar-refractivity contribution in [2.45, 2.75) is 12.8 Å². The van der Waals surface area contributed by atoms with E-state index in [9.17, 15) is 18.5 Å². The number of rotatable bonds is 2. The molecule has 0 N–H and O–H groups in total. The van der Waals surface area contributed by atoms with Gasteiger partial charge in [0.05, 0.1) is 4.92 Å². The first-order valence-corrected chi connectivity index (χ1v) is 5.56. The summed E-state index contributed by atoms with van der Waals surface area (Å²) < 4.78 is 22.2. The molecule has 72 valence electrons. The van der Waals surface area contributed by atoms with Crippen molar-refractivity contribution in [3.8, 4) is 0 Å². The van der Waals surface area contributed by atoms with Gasteiger partial charge in [0, 0.05) is 12.7 Å². The number of sulfone groups is 1. The van der Waals surface area contributed by atoms with Crippen LogP contribution in [0.1, 0.15) is 12.8 Å². The molecule has 0 radical (unpaired) electrons. The lowest BCUT2D eigenvalue weighted by Gasteiger charge is -2.06. The van der Waals surface area contributed by atoms with Gasteiger partial charge in [-0.25, -0.2) is 8.42 Å². The van der Waals surface area contributed by atoms with Crippen molar-refractivity contribution in [2.24, 2.45) is 0 Å². The lowest BCUT2D eigenvalue weighted by atomic mass is 10.1. The van der Waals surface area contributed by atoms with Crippen LogP contribution < -0.4 is 0 Å². The minimum Gasteiger partial charge on any atom is -0.259 e. The predicted octanol–water partition coefficient (Wildman–Crippen LogP) is 0.869. The first kappa shape index (κ1) is 9.91. The second-order valence-electron chi connectivity index (χ2n) is 2.78. The van der Waals surface area contributed by atoms with Crippen molar-refractivity contribution < 1.29 is 13.3 Å². The summed E-state index contributed by atoms with van der Waals surface area (Å²) in [6, 6.07) is 0. The minimum absolute atomic E-state index is 0.163. The number of allylic oxidation sites excluding steroid dienone is 3. The van der Waals surface area contributed by atoms with Crippen molar-refractivity contribution >= 4 is 9.84 Å². The van der Waals surface area contributed by atoms with Crippen LogP contribution in [0.3, 0.4) is 0 Å². The van der Waals surface area contributed by atoms with Crippen LogP contribution >= 0.6 is 0 Å². The number of nitrogens with zero attached hydrogens (tertiary/aromatic N) is 1. The van der Waals surface area contributed by atoms with Crippen LogP contribution in [0.4, 0.5) is 0 Å². The molecule has 1 aliphatic rings. The summed E-state index contributed by atoms with van der Waals surface area (Å²) >= 11 is 0. The van der Waals surface area contributed by atoms with Gasteiger partial charge in [0.15, 0.2) is 9.84 Å². The molecule has 0 bridgehead atoms. The molecule has 5 nitrogen and oxygen atoms in total. The fourth-order valence-corrected chi connectivity index (χ4v) is 2.10. The van der Waals surface area contributed by atoms with Crippen LogP contribution in [0.25, 0.3) is 0 Å². The molecular weight excluding hydrogens is 194 g/mol. The van der Waals surface area contributed by atoms with Gasteiger partial charge in [0.25, 0.3) is 5.70 Å². The quantitative estimate of drug-likeness (QED) is 0.492. The summed E-state index contributed by atoms with van der Waals surface area (Å²) in [7, 11) is -3.47. The summed E-state index contributed by atoms with van der Waals surface area (Å²) in [5.41, 5.74) is -0.204. The molecule has 0 unspecified atom stereocenters. The predicted molar refractivity (Wildman–Crippen MR) is 47.2 cm³/mol. The van der Waals surface area contributed by atoms with Crippen molar-refractivity contribution in [2.75, 3.05) is 6.26 Å². The van der Waals surface area contributed by atoms with Crippen molar-refractivity contribution in [1.29, 1.82) is 0 Å². The molecule has 0 aromatic carbocycles. The molecule has 6 heteroatoms. The Hall–Kier alpha value is -1.17. The smallest absolute Gasteiger partial charge is 0.259 e. The lowest BCUT2D eigenvalue weighted by molar-refractivity contribution is -0.428. The molecule has 0 saturated carbocycles. The van der Waals surface area contributed by atoms with Gasteiger partial charge in [-0.3, -0.25) is 10.1 Å². The molecule has 13 heavy (non-hydrogen) atoms. The number of nitro groups is 1. The Morgan fingerprint density at radius 1 is 1.54 bits per heavy atom. The van der Waals surface area contributed by atoms with Crippen LogP contribution in [-0.4, -0.2) is 19.6 Å². The van der Waals surface area contributed by atoms with Crippen molar-refractivity contribution in [3.63, 3.8) is 0 Å². The summed E-state index contributed by atoms with van der Waals surface area (Å²) in [6.07, 6.45) is 4.61. The SMILES string of the molecule is CS(=O)(=O)C1=C([N+](=O)[O-])CCC=C1. The normalized spacial score (nSPS) is 17.6. The molecule has 0 aliphatic heterocycles. The third-order valence-corrected chi connectivity index (χ3v) is 2.89. The molecule has 0 spiro atoms. The second kappa shape index (κ2) is 3.29. The van der Waals surface area contributed by atoms with Crippen LogP contribution in [-0.2, 0) is 9.84 Å². The van der Waals surface area contributed by atoms with Crippen LogP contribution in [0.2, 0.25) is 0 Å². The fraction of sp³-hybridized carbons (Fsp3) is 0.429. The Labute approximate surface area is 75.8 Å². The van der Waals surface area contributed by atoms with Gasteiger partial charge in [-0.2, -0.15) is 0 Å². The molecule has 0 atom stereocenters. The van der Waals surface area contributed by atoms with Crippen LogP contribution in [0.15, 0.2) is 22.8 Å². The molecule has 0 aromatic rings. The van der Waals surface area contributed by atoms with E-state index in [1.54, 1.807) is 6.08 Å². The van der Waals surface area contributed by atoms with Gasteiger partial charge in [-0.15, -0.1) is 0 Å². The maximum absolute atomic E-state index is 11.1. The van der Waals surface area contributed by atoms with Gasteiger partial charge in [-0.1, -0.05) is 6.08 Å². The molecule has 0 heterocycles. The largest absolute Gasteiger partial charge is 0.265 e. The maximum atomic E-state index is 11.1. The Bertz CT molecular complexity index is 391. The van der Waals surface area contributed by atoms with Gasteiger partial charge >= 0.3 is 0 Å². The van der Waals surface area contributed by atoms with E-state index in [1.165, 1.54) is 6.08 Å². The second-order valence-corrected chi connectivity index (χ2v) is 4.77. The molecule has 0 amide bonds. The number of hydrogen-bond donors (Lipinski definition) is 0. The van der Waals surface area contributed by atoms with E-state index in [1.807, 2.05) is 0 Å². The Morgan fingerprint density at radius 2 is 2.15 bits per heavy atom. The third-order valence-electron chi connectivity index (χ3n) is 1.72. The molecular formula is C7H9NO4S. The number of hydrogen-bond acceptors (Lipinski definition) is 4. The minimum atomic E-state index is -3.47. The van der Waals surface area contributed by atoms with Crippen molar-refractivity contribution in [1.82, 2.24) is 0 Å². The average Bonchev–Trinajstić information content (AvgIpc) is 2.03. The monoisotopic (exact) mass is 203 g/mol. The van der Waals surface area contributed by atoms with Crippen molar-refractivity contribution in [3.05, 3.63) is 32.9 Å².